The number of piperazine rings is 1. The number of nitrogens with zero attached hydrogens (tertiary/aromatic N) is 5. The maximum absolute atomic E-state index is 6.19. The van der Waals surface area contributed by atoms with E-state index in [-0.39, 0.29) is 5.28 Å². The summed E-state index contributed by atoms with van der Waals surface area (Å²) in [5.41, 5.74) is 1.71. The van der Waals surface area contributed by atoms with Crippen LogP contribution in [0, 0.1) is 0 Å². The summed E-state index contributed by atoms with van der Waals surface area (Å²) in [5.74, 6) is 0.884. The highest BCUT2D eigenvalue weighted by molar-refractivity contribution is 6.28. The lowest BCUT2D eigenvalue weighted by Crippen LogP contribution is -3.12. The van der Waals surface area contributed by atoms with E-state index in [9.17, 15) is 0 Å². The van der Waals surface area contributed by atoms with Crippen molar-refractivity contribution in [2.24, 2.45) is 0 Å². The number of anilines is 1. The van der Waals surface area contributed by atoms with E-state index in [2.05, 4.69) is 27.0 Å². The van der Waals surface area contributed by atoms with Gasteiger partial charge >= 0.3 is 0 Å². The Labute approximate surface area is 139 Å². The summed E-state index contributed by atoms with van der Waals surface area (Å²) in [6.45, 7) is 4.11. The van der Waals surface area contributed by atoms with Crippen molar-refractivity contribution in [3.05, 3.63) is 41.8 Å². The number of quaternary nitrogens is 1. The number of hydrogen-bond acceptors (Lipinski definition) is 4. The molecule has 1 fully saturated rings. The minimum Gasteiger partial charge on any atom is -0.345 e. The number of likely N-dealkylation sites (N-methyl/N-ethyl adjacent to an activating group) is 1. The molecule has 0 atom stereocenters. The van der Waals surface area contributed by atoms with Crippen LogP contribution in [0.25, 0.3) is 16.7 Å². The molecule has 4 rings (SSSR count). The Morgan fingerprint density at radius 2 is 1.83 bits per heavy atom. The molecular weight excluding hydrogens is 312 g/mol. The average Bonchev–Trinajstić information content (AvgIpc) is 2.99. The number of hydrogen-bond donors (Lipinski definition) is 1. The molecule has 0 unspecified atom stereocenters. The molecule has 1 aliphatic rings. The number of halogens is 1. The Balaban J connectivity index is 1.82. The number of aromatic nitrogens is 4. The highest BCUT2D eigenvalue weighted by atomic mass is 35.5. The highest BCUT2D eigenvalue weighted by Crippen LogP contribution is 2.26. The van der Waals surface area contributed by atoms with Gasteiger partial charge in [-0.15, -0.1) is 0 Å². The molecule has 1 saturated heterocycles. The second kappa shape index (κ2) is 5.79. The van der Waals surface area contributed by atoms with E-state index in [4.69, 9.17) is 11.6 Å². The molecule has 2 aromatic heterocycles. The predicted molar refractivity (Wildman–Crippen MR) is 90.5 cm³/mol. The lowest BCUT2D eigenvalue weighted by atomic mass is 10.3. The van der Waals surface area contributed by atoms with Crippen LogP contribution in [-0.4, -0.2) is 53.0 Å². The average molecular weight is 330 g/mol. The van der Waals surface area contributed by atoms with Gasteiger partial charge in [-0.2, -0.15) is 15.1 Å². The fourth-order valence-corrected chi connectivity index (χ4v) is 3.13. The minimum atomic E-state index is 0.261. The number of rotatable bonds is 2. The largest absolute Gasteiger partial charge is 0.345 e. The third-order valence-electron chi connectivity index (χ3n) is 4.30. The van der Waals surface area contributed by atoms with E-state index < -0.39 is 0 Å². The summed E-state index contributed by atoms with van der Waals surface area (Å²) in [6, 6.07) is 9.95. The molecule has 0 amide bonds. The maximum atomic E-state index is 6.19. The third-order valence-corrected chi connectivity index (χ3v) is 4.47. The van der Waals surface area contributed by atoms with Crippen LogP contribution in [0.15, 0.2) is 36.5 Å². The molecule has 1 aromatic carbocycles. The van der Waals surface area contributed by atoms with E-state index in [1.54, 1.807) is 0 Å². The predicted octanol–water partition coefficient (Wildman–Crippen LogP) is 0.804. The van der Waals surface area contributed by atoms with Crippen LogP contribution in [0.2, 0.25) is 5.28 Å². The van der Waals surface area contributed by atoms with Gasteiger partial charge in [0, 0.05) is 0 Å². The molecule has 3 aromatic rings. The topological polar surface area (TPSA) is 51.3 Å². The minimum absolute atomic E-state index is 0.261. The first kappa shape index (κ1) is 14.4. The Hall–Kier alpha value is -2.18. The van der Waals surface area contributed by atoms with Crippen molar-refractivity contribution < 1.29 is 4.90 Å². The number of nitrogens with one attached hydrogen (secondary N) is 1. The van der Waals surface area contributed by atoms with Crippen LogP contribution in [0.1, 0.15) is 0 Å². The van der Waals surface area contributed by atoms with Gasteiger partial charge in [0.05, 0.1) is 50.5 Å². The van der Waals surface area contributed by atoms with Gasteiger partial charge in [0.1, 0.15) is 5.82 Å². The molecule has 1 aliphatic heterocycles. The first-order valence-electron chi connectivity index (χ1n) is 7.75. The van der Waals surface area contributed by atoms with E-state index >= 15 is 0 Å². The number of para-hydroxylation sites is 1. The Morgan fingerprint density at radius 3 is 2.57 bits per heavy atom. The second-order valence-electron chi connectivity index (χ2n) is 5.89. The van der Waals surface area contributed by atoms with Gasteiger partial charge in [-0.05, 0) is 23.7 Å². The zero-order valence-corrected chi connectivity index (χ0v) is 13.7. The zero-order valence-electron chi connectivity index (χ0n) is 12.9. The molecule has 0 saturated carbocycles. The van der Waals surface area contributed by atoms with Gasteiger partial charge in [0.25, 0.3) is 0 Å². The lowest BCUT2D eigenvalue weighted by molar-refractivity contribution is -0.880. The van der Waals surface area contributed by atoms with Crippen molar-refractivity contribution in [3.63, 3.8) is 0 Å². The molecule has 0 spiro atoms. The molecule has 7 heteroatoms. The van der Waals surface area contributed by atoms with Crippen molar-refractivity contribution in [2.75, 3.05) is 38.1 Å². The van der Waals surface area contributed by atoms with Crippen LogP contribution in [0.5, 0.6) is 0 Å². The van der Waals surface area contributed by atoms with Crippen LogP contribution in [-0.2, 0) is 0 Å². The van der Waals surface area contributed by atoms with Crippen LogP contribution in [0.3, 0.4) is 0 Å². The Bertz CT molecular complexity index is 823. The molecule has 6 nitrogen and oxygen atoms in total. The van der Waals surface area contributed by atoms with Gasteiger partial charge in [0.15, 0.2) is 5.65 Å². The van der Waals surface area contributed by atoms with Crippen molar-refractivity contribution in [1.29, 1.82) is 0 Å². The van der Waals surface area contributed by atoms with Gasteiger partial charge in [-0.1, -0.05) is 18.2 Å². The van der Waals surface area contributed by atoms with Crippen LogP contribution >= 0.6 is 11.6 Å². The zero-order chi connectivity index (χ0) is 15.8. The van der Waals surface area contributed by atoms with Gasteiger partial charge in [0.2, 0.25) is 5.28 Å². The van der Waals surface area contributed by atoms with Crippen molar-refractivity contribution in [3.8, 4) is 5.69 Å². The van der Waals surface area contributed by atoms with Gasteiger partial charge in [-0.3, -0.25) is 0 Å². The first-order valence-corrected chi connectivity index (χ1v) is 8.13. The second-order valence-corrected chi connectivity index (χ2v) is 6.23. The fraction of sp³-hybridized carbons (Fsp3) is 0.312. The van der Waals surface area contributed by atoms with Gasteiger partial charge in [-0.25, -0.2) is 4.68 Å². The van der Waals surface area contributed by atoms with Crippen LogP contribution in [0.4, 0.5) is 5.82 Å². The summed E-state index contributed by atoms with van der Waals surface area (Å²) in [6.07, 6.45) is 1.83. The number of benzene rings is 1. The van der Waals surface area contributed by atoms with E-state index in [1.807, 2.05) is 41.2 Å². The summed E-state index contributed by atoms with van der Waals surface area (Å²) in [5, 5.41) is 5.70. The van der Waals surface area contributed by atoms with E-state index in [0.717, 1.165) is 48.7 Å². The molecule has 118 valence electrons. The monoisotopic (exact) mass is 329 g/mol. The molecule has 0 bridgehead atoms. The maximum Gasteiger partial charge on any atom is 0.226 e. The summed E-state index contributed by atoms with van der Waals surface area (Å²) in [7, 11) is 2.22. The SMILES string of the molecule is C[NH+]1CCN(c2nc(Cl)nc3c2cnn3-c2ccccc2)CC1. The van der Waals surface area contributed by atoms with E-state index in [1.165, 1.54) is 4.90 Å². The third kappa shape index (κ3) is 2.64. The van der Waals surface area contributed by atoms with Gasteiger partial charge < -0.3 is 9.80 Å². The Morgan fingerprint density at radius 1 is 1.09 bits per heavy atom. The lowest BCUT2D eigenvalue weighted by Gasteiger charge is -2.31. The summed E-state index contributed by atoms with van der Waals surface area (Å²) >= 11 is 6.19. The first-order chi connectivity index (χ1) is 11.2. The smallest absolute Gasteiger partial charge is 0.226 e. The van der Waals surface area contributed by atoms with Crippen molar-refractivity contribution in [1.82, 2.24) is 19.7 Å². The molecule has 3 heterocycles. The standard InChI is InChI=1S/C16H17ClN6/c1-21-7-9-22(10-8-21)14-13-11-18-23(12-5-3-2-4-6-12)15(13)20-16(17)19-14/h2-6,11H,7-10H2,1H3/p+1. The van der Waals surface area contributed by atoms with Crippen molar-refractivity contribution in [2.45, 2.75) is 0 Å². The molecule has 0 aliphatic carbocycles. The van der Waals surface area contributed by atoms with Crippen LogP contribution < -0.4 is 9.80 Å². The quantitative estimate of drug-likeness (QED) is 0.707. The molecular formula is C16H18ClN6+. The van der Waals surface area contributed by atoms with E-state index in [0.29, 0.717) is 0 Å². The number of fused-ring (bicyclic) bond motifs is 1. The molecule has 23 heavy (non-hydrogen) atoms. The molecule has 0 radical (unpaired) electrons. The highest BCUT2D eigenvalue weighted by Gasteiger charge is 2.22. The summed E-state index contributed by atoms with van der Waals surface area (Å²) < 4.78 is 1.81. The molecule has 1 N–H and O–H groups in total. The summed E-state index contributed by atoms with van der Waals surface area (Å²) in [4.78, 5) is 12.7. The fourth-order valence-electron chi connectivity index (χ4n) is 2.97. The Kier molecular flexibility index (Phi) is 3.63. The normalized spacial score (nSPS) is 16.2. The van der Waals surface area contributed by atoms with Crippen molar-refractivity contribution >= 4 is 28.5 Å².